The van der Waals surface area contributed by atoms with E-state index in [1.807, 2.05) is 18.7 Å². The van der Waals surface area contributed by atoms with E-state index < -0.39 is 0 Å². The summed E-state index contributed by atoms with van der Waals surface area (Å²) in [5.74, 6) is 0.662. The van der Waals surface area contributed by atoms with Gasteiger partial charge in [0, 0.05) is 38.5 Å². The SMILES string of the molecule is CC1CN(C(C)C(=O)N2CCCCC2)CCC1=O. The van der Waals surface area contributed by atoms with Crippen LogP contribution in [0.15, 0.2) is 0 Å². The molecule has 1 amide bonds. The van der Waals surface area contributed by atoms with E-state index in [1.165, 1.54) is 6.42 Å². The maximum atomic E-state index is 12.4. The first-order chi connectivity index (χ1) is 8.59. The van der Waals surface area contributed by atoms with Gasteiger partial charge in [0.15, 0.2) is 0 Å². The Labute approximate surface area is 109 Å². The van der Waals surface area contributed by atoms with E-state index in [9.17, 15) is 9.59 Å². The summed E-state index contributed by atoms with van der Waals surface area (Å²) in [6.45, 7) is 7.24. The highest BCUT2D eigenvalue weighted by Gasteiger charge is 2.31. The van der Waals surface area contributed by atoms with Crippen LogP contribution in [0.3, 0.4) is 0 Å². The maximum absolute atomic E-state index is 12.4. The molecule has 0 aliphatic carbocycles. The molecule has 0 bridgehead atoms. The van der Waals surface area contributed by atoms with Crippen molar-refractivity contribution in [3.05, 3.63) is 0 Å². The summed E-state index contributed by atoms with van der Waals surface area (Å²) in [6.07, 6.45) is 4.10. The molecule has 2 aliphatic rings. The van der Waals surface area contributed by atoms with E-state index >= 15 is 0 Å². The molecule has 102 valence electrons. The van der Waals surface area contributed by atoms with Gasteiger partial charge in [0.25, 0.3) is 0 Å². The molecule has 2 unspecified atom stereocenters. The Kier molecular flexibility index (Phi) is 4.38. The lowest BCUT2D eigenvalue weighted by Gasteiger charge is -2.37. The molecule has 4 nitrogen and oxygen atoms in total. The van der Waals surface area contributed by atoms with Gasteiger partial charge in [-0.3, -0.25) is 14.5 Å². The van der Waals surface area contributed by atoms with Crippen LogP contribution in [0.5, 0.6) is 0 Å². The summed E-state index contributed by atoms with van der Waals surface area (Å²) in [5, 5.41) is 0. The normalized spacial score (nSPS) is 28.2. The Morgan fingerprint density at radius 2 is 1.89 bits per heavy atom. The van der Waals surface area contributed by atoms with Crippen molar-refractivity contribution >= 4 is 11.7 Å². The minimum atomic E-state index is -0.0707. The lowest BCUT2D eigenvalue weighted by molar-refractivity contribution is -0.140. The number of carbonyl (C=O) groups excluding carboxylic acids is 2. The number of ketones is 1. The summed E-state index contributed by atoms with van der Waals surface area (Å²) in [4.78, 5) is 28.1. The third-order valence-corrected chi connectivity index (χ3v) is 4.28. The first-order valence-electron chi connectivity index (χ1n) is 7.15. The van der Waals surface area contributed by atoms with E-state index in [0.717, 1.165) is 39.0 Å². The van der Waals surface area contributed by atoms with Crippen molar-refractivity contribution in [3.8, 4) is 0 Å². The number of amides is 1. The third kappa shape index (κ3) is 2.91. The second kappa shape index (κ2) is 5.83. The van der Waals surface area contributed by atoms with Gasteiger partial charge in [-0.2, -0.15) is 0 Å². The van der Waals surface area contributed by atoms with Gasteiger partial charge in [-0.1, -0.05) is 6.92 Å². The number of piperidine rings is 2. The summed E-state index contributed by atoms with van der Waals surface area (Å²) >= 11 is 0. The monoisotopic (exact) mass is 252 g/mol. The fourth-order valence-electron chi connectivity index (χ4n) is 2.93. The van der Waals surface area contributed by atoms with Crippen LogP contribution < -0.4 is 0 Å². The molecule has 0 saturated carbocycles. The van der Waals surface area contributed by atoms with Crippen LogP contribution in [0.1, 0.15) is 39.5 Å². The topological polar surface area (TPSA) is 40.6 Å². The molecule has 0 N–H and O–H groups in total. The number of hydrogen-bond donors (Lipinski definition) is 0. The Hall–Kier alpha value is -0.900. The van der Waals surface area contributed by atoms with Gasteiger partial charge in [0.1, 0.15) is 5.78 Å². The predicted molar refractivity (Wildman–Crippen MR) is 70.3 cm³/mol. The highest BCUT2D eigenvalue weighted by Crippen LogP contribution is 2.18. The second-order valence-electron chi connectivity index (χ2n) is 5.67. The molecule has 0 aromatic heterocycles. The zero-order valence-electron chi connectivity index (χ0n) is 11.5. The molecule has 2 atom stereocenters. The number of nitrogens with zero attached hydrogens (tertiary/aromatic N) is 2. The van der Waals surface area contributed by atoms with E-state index in [2.05, 4.69) is 4.90 Å². The van der Waals surface area contributed by atoms with Gasteiger partial charge in [0.05, 0.1) is 6.04 Å². The lowest BCUT2D eigenvalue weighted by atomic mass is 9.97. The van der Waals surface area contributed by atoms with E-state index in [0.29, 0.717) is 12.2 Å². The molecule has 2 saturated heterocycles. The van der Waals surface area contributed by atoms with Crippen molar-refractivity contribution in [2.45, 2.75) is 45.6 Å². The summed E-state index contributed by atoms with van der Waals surface area (Å²) in [6, 6.07) is -0.0707. The molecule has 0 aromatic rings. The molecule has 4 heteroatoms. The summed E-state index contributed by atoms with van der Waals surface area (Å²) in [7, 11) is 0. The van der Waals surface area contributed by atoms with Gasteiger partial charge in [-0.15, -0.1) is 0 Å². The molecule has 0 spiro atoms. The number of hydrogen-bond acceptors (Lipinski definition) is 3. The smallest absolute Gasteiger partial charge is 0.239 e. The van der Waals surface area contributed by atoms with Crippen LogP contribution in [0, 0.1) is 5.92 Å². The largest absolute Gasteiger partial charge is 0.341 e. The molecular formula is C14H24N2O2. The highest BCUT2D eigenvalue weighted by molar-refractivity contribution is 5.84. The van der Waals surface area contributed by atoms with Gasteiger partial charge in [-0.05, 0) is 26.2 Å². The number of rotatable bonds is 2. The molecule has 2 aliphatic heterocycles. The fraction of sp³-hybridized carbons (Fsp3) is 0.857. The molecule has 2 heterocycles. The Balaban J connectivity index is 1.91. The highest BCUT2D eigenvalue weighted by atomic mass is 16.2. The minimum Gasteiger partial charge on any atom is -0.341 e. The number of likely N-dealkylation sites (tertiary alicyclic amines) is 2. The van der Waals surface area contributed by atoms with Crippen LogP contribution in [0.2, 0.25) is 0 Å². The van der Waals surface area contributed by atoms with Gasteiger partial charge in [-0.25, -0.2) is 0 Å². The van der Waals surface area contributed by atoms with Crippen LogP contribution in [-0.2, 0) is 9.59 Å². The van der Waals surface area contributed by atoms with Crippen LogP contribution in [-0.4, -0.2) is 53.7 Å². The summed E-state index contributed by atoms with van der Waals surface area (Å²) < 4.78 is 0. The quantitative estimate of drug-likeness (QED) is 0.744. The van der Waals surface area contributed by atoms with Crippen molar-refractivity contribution in [1.82, 2.24) is 9.80 Å². The zero-order valence-corrected chi connectivity index (χ0v) is 11.5. The fourth-order valence-corrected chi connectivity index (χ4v) is 2.93. The van der Waals surface area contributed by atoms with Gasteiger partial charge < -0.3 is 4.90 Å². The molecule has 18 heavy (non-hydrogen) atoms. The van der Waals surface area contributed by atoms with Crippen LogP contribution in [0.25, 0.3) is 0 Å². The molecule has 2 rings (SSSR count). The second-order valence-corrected chi connectivity index (χ2v) is 5.67. The predicted octanol–water partition coefficient (Wildman–Crippen LogP) is 1.30. The van der Waals surface area contributed by atoms with Crippen molar-refractivity contribution in [1.29, 1.82) is 0 Å². The van der Waals surface area contributed by atoms with Crippen molar-refractivity contribution in [2.75, 3.05) is 26.2 Å². The van der Waals surface area contributed by atoms with Crippen molar-refractivity contribution < 1.29 is 9.59 Å². The molecule has 0 aromatic carbocycles. The Morgan fingerprint density at radius 3 is 2.50 bits per heavy atom. The number of Topliss-reactive ketones (excluding diaryl/α,β-unsaturated/α-hetero) is 1. The average Bonchev–Trinajstić information content (AvgIpc) is 2.41. The van der Waals surface area contributed by atoms with Gasteiger partial charge >= 0.3 is 0 Å². The third-order valence-electron chi connectivity index (χ3n) is 4.28. The first kappa shape index (κ1) is 13.5. The molecule has 2 fully saturated rings. The van der Waals surface area contributed by atoms with Gasteiger partial charge in [0.2, 0.25) is 5.91 Å². The van der Waals surface area contributed by atoms with Crippen molar-refractivity contribution in [3.63, 3.8) is 0 Å². The molecule has 0 radical (unpaired) electrons. The Bertz CT molecular complexity index is 324. The van der Waals surface area contributed by atoms with Crippen LogP contribution in [0.4, 0.5) is 0 Å². The number of carbonyl (C=O) groups is 2. The maximum Gasteiger partial charge on any atom is 0.239 e. The van der Waals surface area contributed by atoms with E-state index in [-0.39, 0.29) is 17.9 Å². The van der Waals surface area contributed by atoms with Crippen LogP contribution >= 0.6 is 0 Å². The average molecular weight is 252 g/mol. The molecular weight excluding hydrogens is 228 g/mol. The summed E-state index contributed by atoms with van der Waals surface area (Å²) in [5.41, 5.74) is 0. The van der Waals surface area contributed by atoms with E-state index in [4.69, 9.17) is 0 Å². The minimum absolute atomic E-state index is 0.0707. The lowest BCUT2D eigenvalue weighted by Crippen LogP contribution is -2.52. The van der Waals surface area contributed by atoms with E-state index in [1.54, 1.807) is 0 Å². The standard InChI is InChI=1S/C14H24N2O2/c1-11-10-16(9-6-13(11)17)12(2)14(18)15-7-4-3-5-8-15/h11-12H,3-10H2,1-2H3. The first-order valence-corrected chi connectivity index (χ1v) is 7.15. The Morgan fingerprint density at radius 1 is 1.22 bits per heavy atom. The zero-order chi connectivity index (χ0) is 13.1. The van der Waals surface area contributed by atoms with Crippen molar-refractivity contribution in [2.24, 2.45) is 5.92 Å².